The van der Waals surface area contributed by atoms with Crippen molar-refractivity contribution in [2.45, 2.75) is 0 Å². The van der Waals surface area contributed by atoms with Gasteiger partial charge in [-0.05, 0) is 23.8 Å². The van der Waals surface area contributed by atoms with E-state index in [-0.39, 0.29) is 5.82 Å². The van der Waals surface area contributed by atoms with Crippen LogP contribution in [0.15, 0.2) is 42.7 Å². The number of nitrogens with zero attached hydrogens (tertiary/aromatic N) is 1. The molecule has 76 valence electrons. The van der Waals surface area contributed by atoms with E-state index in [2.05, 4.69) is 4.98 Å². The highest BCUT2D eigenvalue weighted by Gasteiger charge is 2.00. The topological polar surface area (TPSA) is 22.1 Å². The van der Waals surface area contributed by atoms with E-state index in [1.165, 1.54) is 12.1 Å². The SMILES string of the molecule is COc1cncc(-c2ccc(F)cc2)c1. The number of halogens is 1. The molecule has 2 rings (SSSR count). The Labute approximate surface area is 87.4 Å². The average molecular weight is 203 g/mol. The summed E-state index contributed by atoms with van der Waals surface area (Å²) in [5.41, 5.74) is 1.83. The molecule has 2 aromatic rings. The Morgan fingerprint density at radius 3 is 2.47 bits per heavy atom. The molecule has 2 nitrogen and oxygen atoms in total. The number of pyridine rings is 1. The minimum absolute atomic E-state index is 0.241. The van der Waals surface area contributed by atoms with Gasteiger partial charge in [0.15, 0.2) is 0 Å². The first-order valence-electron chi connectivity index (χ1n) is 4.54. The Balaban J connectivity index is 2.40. The highest BCUT2D eigenvalue weighted by Crippen LogP contribution is 2.22. The zero-order valence-electron chi connectivity index (χ0n) is 8.27. The summed E-state index contributed by atoms with van der Waals surface area (Å²) in [5.74, 6) is 0.450. The van der Waals surface area contributed by atoms with E-state index in [9.17, 15) is 4.39 Å². The van der Waals surface area contributed by atoms with Gasteiger partial charge in [-0.2, -0.15) is 0 Å². The lowest BCUT2D eigenvalue weighted by Crippen LogP contribution is -1.86. The molecule has 0 aliphatic rings. The standard InChI is InChI=1S/C12H10FNO/c1-15-12-6-10(7-14-8-12)9-2-4-11(13)5-3-9/h2-8H,1H3. The molecule has 3 heteroatoms. The third-order valence-electron chi connectivity index (χ3n) is 2.13. The summed E-state index contributed by atoms with van der Waals surface area (Å²) in [5, 5.41) is 0. The number of methoxy groups -OCH3 is 1. The molecule has 0 amide bonds. The Bertz CT molecular complexity index is 453. The van der Waals surface area contributed by atoms with E-state index in [4.69, 9.17) is 4.74 Å². The van der Waals surface area contributed by atoms with Crippen LogP contribution in [0.5, 0.6) is 5.75 Å². The molecular formula is C12H10FNO. The molecule has 1 heterocycles. The summed E-state index contributed by atoms with van der Waals surface area (Å²) in [6.45, 7) is 0. The lowest BCUT2D eigenvalue weighted by atomic mass is 10.1. The number of ether oxygens (including phenoxy) is 1. The van der Waals surface area contributed by atoms with Crippen LogP contribution in [-0.2, 0) is 0 Å². The molecule has 0 N–H and O–H groups in total. The molecule has 0 saturated carbocycles. The lowest BCUT2D eigenvalue weighted by molar-refractivity contribution is 0.413. The first-order chi connectivity index (χ1) is 7.29. The molecule has 0 saturated heterocycles. The third kappa shape index (κ3) is 2.13. The molecule has 0 aliphatic carbocycles. The minimum Gasteiger partial charge on any atom is -0.495 e. The van der Waals surface area contributed by atoms with Crippen molar-refractivity contribution in [2.75, 3.05) is 7.11 Å². The van der Waals surface area contributed by atoms with E-state index in [0.29, 0.717) is 5.75 Å². The smallest absolute Gasteiger partial charge is 0.137 e. The van der Waals surface area contributed by atoms with Crippen LogP contribution in [0.2, 0.25) is 0 Å². The number of hydrogen-bond donors (Lipinski definition) is 0. The fourth-order valence-electron chi connectivity index (χ4n) is 1.33. The molecule has 15 heavy (non-hydrogen) atoms. The number of rotatable bonds is 2. The van der Waals surface area contributed by atoms with Crippen LogP contribution in [0, 0.1) is 5.82 Å². The zero-order valence-corrected chi connectivity index (χ0v) is 8.27. The monoisotopic (exact) mass is 203 g/mol. The van der Waals surface area contributed by atoms with E-state index in [1.54, 1.807) is 31.6 Å². The normalized spacial score (nSPS) is 10.0. The second kappa shape index (κ2) is 4.09. The Morgan fingerprint density at radius 2 is 1.80 bits per heavy atom. The van der Waals surface area contributed by atoms with Gasteiger partial charge in [-0.3, -0.25) is 4.98 Å². The summed E-state index contributed by atoms with van der Waals surface area (Å²) in [6.07, 6.45) is 3.35. The molecular weight excluding hydrogens is 193 g/mol. The van der Waals surface area contributed by atoms with E-state index in [1.807, 2.05) is 6.07 Å². The van der Waals surface area contributed by atoms with Crippen molar-refractivity contribution in [1.82, 2.24) is 4.98 Å². The van der Waals surface area contributed by atoms with Crippen LogP contribution in [0.3, 0.4) is 0 Å². The molecule has 0 bridgehead atoms. The van der Waals surface area contributed by atoms with Gasteiger partial charge in [-0.1, -0.05) is 12.1 Å². The van der Waals surface area contributed by atoms with Crippen molar-refractivity contribution in [3.05, 3.63) is 48.5 Å². The van der Waals surface area contributed by atoms with Crippen molar-refractivity contribution in [3.8, 4) is 16.9 Å². The third-order valence-corrected chi connectivity index (χ3v) is 2.13. The van der Waals surface area contributed by atoms with Gasteiger partial charge in [-0.25, -0.2) is 4.39 Å². The fourth-order valence-corrected chi connectivity index (χ4v) is 1.33. The second-order valence-electron chi connectivity index (χ2n) is 3.12. The molecule has 1 aromatic heterocycles. The van der Waals surface area contributed by atoms with Gasteiger partial charge in [0.25, 0.3) is 0 Å². The quantitative estimate of drug-likeness (QED) is 0.748. The highest BCUT2D eigenvalue weighted by molar-refractivity contribution is 5.63. The number of aromatic nitrogens is 1. The van der Waals surface area contributed by atoms with Gasteiger partial charge in [0.1, 0.15) is 11.6 Å². The van der Waals surface area contributed by atoms with E-state index in [0.717, 1.165) is 11.1 Å². The summed E-state index contributed by atoms with van der Waals surface area (Å²) >= 11 is 0. The minimum atomic E-state index is -0.241. The molecule has 1 aromatic carbocycles. The summed E-state index contributed by atoms with van der Waals surface area (Å²) in [7, 11) is 1.59. The fraction of sp³-hybridized carbons (Fsp3) is 0.0833. The van der Waals surface area contributed by atoms with Crippen LogP contribution < -0.4 is 4.74 Å². The van der Waals surface area contributed by atoms with Gasteiger partial charge < -0.3 is 4.74 Å². The van der Waals surface area contributed by atoms with Crippen molar-refractivity contribution in [2.24, 2.45) is 0 Å². The maximum absolute atomic E-state index is 12.7. The first-order valence-corrected chi connectivity index (χ1v) is 4.54. The second-order valence-corrected chi connectivity index (χ2v) is 3.12. The predicted molar refractivity (Wildman–Crippen MR) is 56.2 cm³/mol. The van der Waals surface area contributed by atoms with E-state index >= 15 is 0 Å². The average Bonchev–Trinajstić information content (AvgIpc) is 2.30. The van der Waals surface area contributed by atoms with Crippen LogP contribution in [0.1, 0.15) is 0 Å². The molecule has 0 atom stereocenters. The molecule has 0 radical (unpaired) electrons. The van der Waals surface area contributed by atoms with Gasteiger partial charge in [0.05, 0.1) is 13.3 Å². The highest BCUT2D eigenvalue weighted by atomic mass is 19.1. The zero-order chi connectivity index (χ0) is 10.7. The van der Waals surface area contributed by atoms with Gasteiger partial charge in [-0.15, -0.1) is 0 Å². The molecule has 0 spiro atoms. The van der Waals surface area contributed by atoms with Crippen LogP contribution >= 0.6 is 0 Å². The van der Waals surface area contributed by atoms with E-state index < -0.39 is 0 Å². The summed E-state index contributed by atoms with van der Waals surface area (Å²) < 4.78 is 17.8. The van der Waals surface area contributed by atoms with Crippen molar-refractivity contribution in [1.29, 1.82) is 0 Å². The Morgan fingerprint density at radius 1 is 1.07 bits per heavy atom. The van der Waals surface area contributed by atoms with Crippen LogP contribution in [0.25, 0.3) is 11.1 Å². The first kappa shape index (κ1) is 9.65. The van der Waals surface area contributed by atoms with Gasteiger partial charge >= 0.3 is 0 Å². The number of benzene rings is 1. The summed E-state index contributed by atoms with van der Waals surface area (Å²) in [4.78, 5) is 4.04. The number of hydrogen-bond acceptors (Lipinski definition) is 2. The molecule has 0 unspecified atom stereocenters. The Hall–Kier alpha value is -1.90. The molecule has 0 fully saturated rings. The van der Waals surface area contributed by atoms with Crippen LogP contribution in [0.4, 0.5) is 4.39 Å². The van der Waals surface area contributed by atoms with Gasteiger partial charge in [0, 0.05) is 11.8 Å². The summed E-state index contributed by atoms with van der Waals surface area (Å²) in [6, 6.07) is 8.14. The predicted octanol–water partition coefficient (Wildman–Crippen LogP) is 2.90. The molecule has 0 aliphatic heterocycles. The van der Waals surface area contributed by atoms with Gasteiger partial charge in [0.2, 0.25) is 0 Å². The Kier molecular flexibility index (Phi) is 2.63. The maximum atomic E-state index is 12.7. The van der Waals surface area contributed by atoms with Crippen molar-refractivity contribution in [3.63, 3.8) is 0 Å². The lowest BCUT2D eigenvalue weighted by Gasteiger charge is -2.03. The van der Waals surface area contributed by atoms with Crippen molar-refractivity contribution < 1.29 is 9.13 Å². The maximum Gasteiger partial charge on any atom is 0.137 e. The van der Waals surface area contributed by atoms with Crippen molar-refractivity contribution >= 4 is 0 Å². The largest absolute Gasteiger partial charge is 0.495 e. The van der Waals surface area contributed by atoms with Crippen LogP contribution in [-0.4, -0.2) is 12.1 Å².